The molecule has 1 atom stereocenters. The van der Waals surface area contributed by atoms with Crippen molar-refractivity contribution >= 4 is 29.6 Å². The lowest BCUT2D eigenvalue weighted by Crippen LogP contribution is -2.17. The second-order valence-electron chi connectivity index (χ2n) is 7.86. The Kier molecular flexibility index (Phi) is 8.31. The van der Waals surface area contributed by atoms with Gasteiger partial charge in [-0.3, -0.25) is 5.32 Å². The van der Waals surface area contributed by atoms with Gasteiger partial charge in [0.25, 0.3) is 0 Å². The van der Waals surface area contributed by atoms with E-state index in [4.69, 9.17) is 10.5 Å². The van der Waals surface area contributed by atoms with Crippen LogP contribution in [0.4, 0.5) is 29.3 Å². The summed E-state index contributed by atoms with van der Waals surface area (Å²) in [6, 6.07) is 17.5. The number of alkyl halides is 3. The number of halogens is 3. The summed E-state index contributed by atoms with van der Waals surface area (Å²) in [6.45, 7) is 5.76. The Balaban J connectivity index is 1.56. The molecule has 0 aliphatic heterocycles. The number of carbonyl (C=O) groups excluding carboxylic acids is 1. The van der Waals surface area contributed by atoms with Gasteiger partial charge >= 0.3 is 12.5 Å². The van der Waals surface area contributed by atoms with Gasteiger partial charge < -0.3 is 15.2 Å². The first-order valence-corrected chi connectivity index (χ1v) is 10.9. The summed E-state index contributed by atoms with van der Waals surface area (Å²) in [4.78, 5) is 20.4. The molecule has 0 fully saturated rings. The van der Waals surface area contributed by atoms with E-state index in [0.29, 0.717) is 16.9 Å². The van der Waals surface area contributed by atoms with Crippen LogP contribution in [0.2, 0.25) is 0 Å². The molecule has 0 aliphatic rings. The van der Waals surface area contributed by atoms with Crippen LogP contribution in [0.3, 0.4) is 0 Å². The lowest BCUT2D eigenvalue weighted by Gasteiger charge is -2.18. The zero-order valence-electron chi connectivity index (χ0n) is 19.8. The van der Waals surface area contributed by atoms with Crippen molar-refractivity contribution in [3.63, 3.8) is 0 Å². The van der Waals surface area contributed by atoms with Crippen LogP contribution < -0.4 is 15.8 Å². The van der Waals surface area contributed by atoms with Crippen LogP contribution in [0.5, 0.6) is 5.75 Å². The molecule has 188 valence electrons. The van der Waals surface area contributed by atoms with E-state index in [2.05, 4.69) is 20.0 Å². The van der Waals surface area contributed by atoms with Gasteiger partial charge in [0, 0.05) is 11.3 Å². The molecular weight excluding hydrogens is 473 g/mol. The lowest BCUT2D eigenvalue weighted by atomic mass is 9.99. The summed E-state index contributed by atoms with van der Waals surface area (Å²) in [6.07, 6.45) is -4.57. The van der Waals surface area contributed by atoms with E-state index in [1.54, 1.807) is 24.3 Å². The Morgan fingerprint density at radius 3 is 2.19 bits per heavy atom. The van der Waals surface area contributed by atoms with Crippen LogP contribution in [-0.4, -0.2) is 24.6 Å². The van der Waals surface area contributed by atoms with Crippen LogP contribution in [0.1, 0.15) is 35.3 Å². The first-order chi connectivity index (χ1) is 17.0. The second-order valence-corrected chi connectivity index (χ2v) is 7.86. The third-order valence-corrected chi connectivity index (χ3v) is 5.13. The fourth-order valence-corrected chi connectivity index (χ4v) is 3.53. The molecule has 3 N–H and O–H groups in total. The van der Waals surface area contributed by atoms with Gasteiger partial charge in [-0.1, -0.05) is 18.2 Å². The molecule has 0 bridgehead atoms. The third-order valence-electron chi connectivity index (χ3n) is 5.13. The van der Waals surface area contributed by atoms with Crippen molar-refractivity contribution in [3.8, 4) is 5.75 Å². The fourth-order valence-electron chi connectivity index (χ4n) is 3.53. The van der Waals surface area contributed by atoms with Gasteiger partial charge in [-0.2, -0.15) is 0 Å². The number of amidine groups is 1. The molecule has 7 nitrogen and oxygen atoms in total. The summed E-state index contributed by atoms with van der Waals surface area (Å²) < 4.78 is 46.0. The maximum absolute atomic E-state index is 12.3. The van der Waals surface area contributed by atoms with Crippen molar-refractivity contribution in [2.24, 2.45) is 15.7 Å². The average molecular weight is 499 g/mol. The van der Waals surface area contributed by atoms with E-state index in [-0.39, 0.29) is 11.6 Å². The standard InChI is InChI=1S/C26H25F3N4O3/c1-16-5-4-6-17(2)23(16)18(3)35-25(34)33-21-9-7-19(8-10-21)24(30)32-15-31-20-11-13-22(14-12-20)36-26(27,28)29/h4-15,18H,1-3H3,(H,33,34)(H2,30,31,32). The summed E-state index contributed by atoms with van der Waals surface area (Å²) in [5.74, 6) is -0.185. The van der Waals surface area contributed by atoms with Crippen LogP contribution in [0.25, 0.3) is 0 Å². The number of benzene rings is 3. The van der Waals surface area contributed by atoms with Crippen LogP contribution in [0, 0.1) is 13.8 Å². The number of carbonyl (C=O) groups is 1. The maximum Gasteiger partial charge on any atom is 0.573 e. The van der Waals surface area contributed by atoms with Crippen LogP contribution in [0.15, 0.2) is 76.7 Å². The number of rotatable bonds is 7. The average Bonchev–Trinajstić information content (AvgIpc) is 2.79. The molecule has 0 aliphatic carbocycles. The Bertz CT molecular complexity index is 1230. The Morgan fingerprint density at radius 2 is 1.61 bits per heavy atom. The highest BCUT2D eigenvalue weighted by Gasteiger charge is 2.30. The number of ether oxygens (including phenoxy) is 2. The maximum atomic E-state index is 12.3. The van der Waals surface area contributed by atoms with Crippen molar-refractivity contribution < 1.29 is 27.4 Å². The molecule has 0 heterocycles. The summed E-state index contributed by atoms with van der Waals surface area (Å²) >= 11 is 0. The number of aliphatic imine (C=N–C) groups is 2. The van der Waals surface area contributed by atoms with Crippen LogP contribution >= 0.6 is 0 Å². The Hall–Kier alpha value is -4.34. The highest BCUT2D eigenvalue weighted by molar-refractivity contribution is 6.01. The number of hydrogen-bond acceptors (Lipinski definition) is 4. The second kappa shape index (κ2) is 11.4. The minimum atomic E-state index is -4.76. The third kappa shape index (κ3) is 7.59. The molecule has 1 unspecified atom stereocenters. The first kappa shape index (κ1) is 26.3. The molecule has 0 saturated heterocycles. The van der Waals surface area contributed by atoms with E-state index in [9.17, 15) is 18.0 Å². The van der Waals surface area contributed by atoms with Crippen molar-refractivity contribution in [1.82, 2.24) is 0 Å². The normalized spacial score (nSPS) is 12.9. The van der Waals surface area contributed by atoms with Crippen molar-refractivity contribution in [1.29, 1.82) is 0 Å². The van der Waals surface area contributed by atoms with E-state index in [1.165, 1.54) is 18.5 Å². The summed E-state index contributed by atoms with van der Waals surface area (Å²) in [5, 5.41) is 2.68. The fraction of sp³-hybridized carbons (Fsp3) is 0.192. The molecule has 3 aromatic carbocycles. The number of anilines is 1. The lowest BCUT2D eigenvalue weighted by molar-refractivity contribution is -0.274. The number of nitrogens with one attached hydrogen (secondary N) is 1. The molecule has 10 heteroatoms. The number of aryl methyl sites for hydroxylation is 2. The SMILES string of the molecule is Cc1cccc(C)c1C(C)OC(=O)Nc1ccc(C(N)=NC=Nc2ccc(OC(F)(F)F)cc2)cc1. The quantitative estimate of drug-likeness (QED) is 0.284. The highest BCUT2D eigenvalue weighted by Crippen LogP contribution is 2.26. The van der Waals surface area contributed by atoms with Gasteiger partial charge in [-0.25, -0.2) is 14.8 Å². The zero-order valence-corrected chi connectivity index (χ0v) is 19.8. The highest BCUT2D eigenvalue weighted by atomic mass is 19.4. The smallest absolute Gasteiger partial charge is 0.441 e. The molecule has 3 aromatic rings. The van der Waals surface area contributed by atoms with Gasteiger partial charge in [-0.05, 0) is 86.0 Å². The monoisotopic (exact) mass is 498 g/mol. The molecular formula is C26H25F3N4O3. The molecule has 0 aromatic heterocycles. The predicted molar refractivity (Wildman–Crippen MR) is 133 cm³/mol. The Morgan fingerprint density at radius 1 is 1.00 bits per heavy atom. The van der Waals surface area contributed by atoms with Gasteiger partial charge in [0.1, 0.15) is 24.0 Å². The molecule has 36 heavy (non-hydrogen) atoms. The number of hydrogen-bond donors (Lipinski definition) is 2. The number of nitrogens with zero attached hydrogens (tertiary/aromatic N) is 2. The minimum absolute atomic E-state index is 0.161. The topological polar surface area (TPSA) is 98.3 Å². The van der Waals surface area contributed by atoms with Gasteiger partial charge in [-0.15, -0.1) is 13.2 Å². The number of amides is 1. The van der Waals surface area contributed by atoms with Crippen molar-refractivity contribution in [3.05, 3.63) is 89.0 Å². The minimum Gasteiger partial charge on any atom is -0.441 e. The van der Waals surface area contributed by atoms with Crippen molar-refractivity contribution in [2.45, 2.75) is 33.2 Å². The van der Waals surface area contributed by atoms with Gasteiger partial charge in [0.05, 0.1) is 5.69 Å². The van der Waals surface area contributed by atoms with Gasteiger partial charge in [0.2, 0.25) is 0 Å². The molecule has 1 amide bonds. The van der Waals surface area contributed by atoms with Crippen molar-refractivity contribution in [2.75, 3.05) is 5.32 Å². The van der Waals surface area contributed by atoms with E-state index in [1.807, 2.05) is 39.0 Å². The predicted octanol–water partition coefficient (Wildman–Crippen LogP) is 6.58. The molecule has 3 rings (SSSR count). The number of nitrogens with two attached hydrogens (primary N) is 1. The summed E-state index contributed by atoms with van der Waals surface area (Å²) in [7, 11) is 0. The van der Waals surface area contributed by atoms with Crippen LogP contribution in [-0.2, 0) is 4.74 Å². The van der Waals surface area contributed by atoms with E-state index < -0.39 is 18.6 Å². The first-order valence-electron chi connectivity index (χ1n) is 10.9. The van der Waals surface area contributed by atoms with Gasteiger partial charge in [0.15, 0.2) is 0 Å². The largest absolute Gasteiger partial charge is 0.573 e. The molecule has 0 spiro atoms. The molecule has 0 radical (unpaired) electrons. The van der Waals surface area contributed by atoms with E-state index >= 15 is 0 Å². The zero-order chi connectivity index (χ0) is 26.3. The Labute approximate surface area is 206 Å². The summed E-state index contributed by atoms with van der Waals surface area (Å²) in [5.41, 5.74) is 10.5. The molecule has 0 saturated carbocycles. The van der Waals surface area contributed by atoms with E-state index in [0.717, 1.165) is 28.8 Å².